The molecule has 0 aliphatic carbocycles. The van der Waals surface area contributed by atoms with E-state index in [0.717, 1.165) is 13.1 Å². The molecule has 2 nitrogen and oxygen atoms in total. The SMILES string of the molecule is Cc1cccc(N2CCC(CN)C2(C)C)c1C. The fourth-order valence-corrected chi connectivity index (χ4v) is 3.01. The smallest absolute Gasteiger partial charge is 0.0403 e. The minimum Gasteiger partial charge on any atom is -0.366 e. The number of rotatable bonds is 2. The molecule has 1 unspecified atom stereocenters. The van der Waals surface area contributed by atoms with Gasteiger partial charge in [0.2, 0.25) is 0 Å². The zero-order valence-electron chi connectivity index (χ0n) is 11.5. The molecule has 1 aliphatic rings. The number of aryl methyl sites for hydroxylation is 1. The highest BCUT2D eigenvalue weighted by molar-refractivity contribution is 5.58. The van der Waals surface area contributed by atoms with Crippen molar-refractivity contribution in [3.63, 3.8) is 0 Å². The second kappa shape index (κ2) is 4.34. The maximum Gasteiger partial charge on any atom is 0.0403 e. The summed E-state index contributed by atoms with van der Waals surface area (Å²) in [6.45, 7) is 10.9. The molecule has 0 aromatic heterocycles. The number of hydrogen-bond donors (Lipinski definition) is 1. The molecule has 2 N–H and O–H groups in total. The summed E-state index contributed by atoms with van der Waals surface area (Å²) in [6, 6.07) is 6.58. The van der Waals surface area contributed by atoms with Gasteiger partial charge in [-0.3, -0.25) is 0 Å². The van der Waals surface area contributed by atoms with Gasteiger partial charge in [0.25, 0.3) is 0 Å². The second-order valence-corrected chi connectivity index (χ2v) is 5.75. The summed E-state index contributed by atoms with van der Waals surface area (Å²) in [5.74, 6) is 0.599. The Bertz CT molecular complexity index is 409. The van der Waals surface area contributed by atoms with Crippen LogP contribution < -0.4 is 10.6 Å². The number of anilines is 1. The highest BCUT2D eigenvalue weighted by atomic mass is 15.2. The quantitative estimate of drug-likeness (QED) is 0.849. The molecule has 2 rings (SSSR count). The summed E-state index contributed by atoms with van der Waals surface area (Å²) in [5, 5.41) is 0. The highest BCUT2D eigenvalue weighted by Crippen LogP contribution is 2.39. The molecule has 1 fully saturated rings. The van der Waals surface area contributed by atoms with Crippen LogP contribution in [0.5, 0.6) is 0 Å². The van der Waals surface area contributed by atoms with Gasteiger partial charge in [-0.15, -0.1) is 0 Å². The molecule has 1 heterocycles. The Morgan fingerprint density at radius 2 is 2.06 bits per heavy atom. The van der Waals surface area contributed by atoms with Gasteiger partial charge < -0.3 is 10.6 Å². The molecular weight excluding hydrogens is 208 g/mol. The van der Waals surface area contributed by atoms with Crippen LogP contribution in [-0.2, 0) is 0 Å². The summed E-state index contributed by atoms with van der Waals surface area (Å²) in [5.41, 5.74) is 10.2. The third-order valence-electron chi connectivity index (χ3n) is 4.55. The van der Waals surface area contributed by atoms with E-state index in [2.05, 4.69) is 50.8 Å². The molecular formula is C15H24N2. The highest BCUT2D eigenvalue weighted by Gasteiger charge is 2.40. The number of hydrogen-bond acceptors (Lipinski definition) is 2. The Kier molecular flexibility index (Phi) is 3.17. The van der Waals surface area contributed by atoms with Crippen molar-refractivity contribution in [2.45, 2.75) is 39.7 Å². The zero-order valence-corrected chi connectivity index (χ0v) is 11.5. The monoisotopic (exact) mass is 232 g/mol. The lowest BCUT2D eigenvalue weighted by Gasteiger charge is -2.38. The molecule has 0 amide bonds. The number of benzene rings is 1. The van der Waals surface area contributed by atoms with Crippen LogP contribution in [-0.4, -0.2) is 18.6 Å². The van der Waals surface area contributed by atoms with Crippen molar-refractivity contribution in [2.24, 2.45) is 11.7 Å². The van der Waals surface area contributed by atoms with Gasteiger partial charge in [-0.25, -0.2) is 0 Å². The molecule has 1 saturated heterocycles. The molecule has 0 spiro atoms. The van der Waals surface area contributed by atoms with Crippen LogP contribution in [0.3, 0.4) is 0 Å². The third-order valence-corrected chi connectivity index (χ3v) is 4.55. The fraction of sp³-hybridized carbons (Fsp3) is 0.600. The van der Waals surface area contributed by atoms with Crippen molar-refractivity contribution < 1.29 is 0 Å². The standard InChI is InChI=1S/C15H24N2/c1-11-6-5-7-14(12(11)2)17-9-8-13(10-16)15(17,3)4/h5-7,13H,8-10,16H2,1-4H3. The van der Waals surface area contributed by atoms with E-state index in [9.17, 15) is 0 Å². The first-order valence-electron chi connectivity index (χ1n) is 6.52. The van der Waals surface area contributed by atoms with Crippen molar-refractivity contribution in [3.05, 3.63) is 29.3 Å². The van der Waals surface area contributed by atoms with Gasteiger partial charge in [0.1, 0.15) is 0 Å². The Balaban J connectivity index is 2.38. The van der Waals surface area contributed by atoms with Gasteiger partial charge in [-0.2, -0.15) is 0 Å². The molecule has 0 saturated carbocycles. The summed E-state index contributed by atoms with van der Waals surface area (Å²) in [6.07, 6.45) is 1.21. The molecule has 1 atom stereocenters. The van der Waals surface area contributed by atoms with Gasteiger partial charge >= 0.3 is 0 Å². The van der Waals surface area contributed by atoms with Crippen molar-refractivity contribution in [1.29, 1.82) is 0 Å². The summed E-state index contributed by atoms with van der Waals surface area (Å²) >= 11 is 0. The van der Waals surface area contributed by atoms with Crippen molar-refractivity contribution >= 4 is 5.69 Å². The summed E-state index contributed by atoms with van der Waals surface area (Å²) in [4.78, 5) is 2.53. The van der Waals surface area contributed by atoms with Crippen LogP contribution in [0.4, 0.5) is 5.69 Å². The number of nitrogens with zero attached hydrogens (tertiary/aromatic N) is 1. The fourth-order valence-electron chi connectivity index (χ4n) is 3.01. The second-order valence-electron chi connectivity index (χ2n) is 5.75. The van der Waals surface area contributed by atoms with Crippen LogP contribution in [0.2, 0.25) is 0 Å². The molecule has 1 aromatic rings. The van der Waals surface area contributed by atoms with Crippen LogP contribution >= 0.6 is 0 Å². The lowest BCUT2D eigenvalue weighted by Crippen LogP contribution is -2.45. The molecule has 1 aromatic carbocycles. The van der Waals surface area contributed by atoms with E-state index >= 15 is 0 Å². The van der Waals surface area contributed by atoms with Crippen LogP contribution in [0.1, 0.15) is 31.4 Å². The summed E-state index contributed by atoms with van der Waals surface area (Å²) in [7, 11) is 0. The van der Waals surface area contributed by atoms with Crippen LogP contribution in [0.25, 0.3) is 0 Å². The van der Waals surface area contributed by atoms with E-state index in [1.165, 1.54) is 23.2 Å². The lowest BCUT2D eigenvalue weighted by atomic mass is 9.88. The van der Waals surface area contributed by atoms with Crippen LogP contribution in [0.15, 0.2) is 18.2 Å². The average Bonchev–Trinajstić information content (AvgIpc) is 2.57. The predicted octanol–water partition coefficient (Wildman–Crippen LogP) is 2.87. The maximum atomic E-state index is 5.89. The maximum absolute atomic E-state index is 5.89. The Morgan fingerprint density at radius 3 is 2.65 bits per heavy atom. The molecule has 17 heavy (non-hydrogen) atoms. The van der Waals surface area contributed by atoms with E-state index in [-0.39, 0.29) is 5.54 Å². The van der Waals surface area contributed by atoms with Gasteiger partial charge in [-0.05, 0) is 63.8 Å². The van der Waals surface area contributed by atoms with E-state index in [4.69, 9.17) is 5.73 Å². The Labute approximate surface area is 105 Å². The minimum absolute atomic E-state index is 0.174. The first-order valence-corrected chi connectivity index (χ1v) is 6.52. The third kappa shape index (κ3) is 1.95. The normalized spacial score (nSPS) is 23.1. The van der Waals surface area contributed by atoms with Crippen molar-refractivity contribution in [3.8, 4) is 0 Å². The van der Waals surface area contributed by atoms with E-state index in [1.54, 1.807) is 0 Å². The van der Waals surface area contributed by atoms with Crippen molar-refractivity contribution in [2.75, 3.05) is 18.0 Å². The molecule has 94 valence electrons. The molecule has 0 radical (unpaired) electrons. The van der Waals surface area contributed by atoms with Gasteiger partial charge in [0.05, 0.1) is 0 Å². The largest absolute Gasteiger partial charge is 0.366 e. The zero-order chi connectivity index (χ0) is 12.6. The molecule has 1 aliphatic heterocycles. The van der Waals surface area contributed by atoms with Gasteiger partial charge in [-0.1, -0.05) is 12.1 Å². The van der Waals surface area contributed by atoms with Crippen LogP contribution in [0, 0.1) is 19.8 Å². The first-order chi connectivity index (χ1) is 7.98. The molecule has 2 heteroatoms. The van der Waals surface area contributed by atoms with Crippen molar-refractivity contribution in [1.82, 2.24) is 0 Å². The predicted molar refractivity (Wildman–Crippen MR) is 74.5 cm³/mol. The minimum atomic E-state index is 0.174. The Morgan fingerprint density at radius 1 is 1.35 bits per heavy atom. The molecule has 0 bridgehead atoms. The van der Waals surface area contributed by atoms with Gasteiger partial charge in [0.15, 0.2) is 0 Å². The Hall–Kier alpha value is -1.02. The van der Waals surface area contributed by atoms with Gasteiger partial charge in [0, 0.05) is 17.8 Å². The topological polar surface area (TPSA) is 29.3 Å². The number of nitrogens with two attached hydrogens (primary N) is 1. The van der Waals surface area contributed by atoms with E-state index in [0.29, 0.717) is 5.92 Å². The van der Waals surface area contributed by atoms with E-state index in [1.807, 2.05) is 0 Å². The summed E-state index contributed by atoms with van der Waals surface area (Å²) < 4.78 is 0. The average molecular weight is 232 g/mol. The first kappa shape index (κ1) is 12.4. The lowest BCUT2D eigenvalue weighted by molar-refractivity contribution is 0.373. The van der Waals surface area contributed by atoms with E-state index < -0.39 is 0 Å².